The van der Waals surface area contributed by atoms with Gasteiger partial charge in [0.15, 0.2) is 11.5 Å². The van der Waals surface area contributed by atoms with Crippen LogP contribution in [-0.4, -0.2) is 20.1 Å². The zero-order chi connectivity index (χ0) is 30.6. The van der Waals surface area contributed by atoms with E-state index in [4.69, 9.17) is 9.47 Å². The monoisotopic (exact) mass is 594 g/mol. The maximum atomic E-state index is 11.0. The van der Waals surface area contributed by atoms with Crippen molar-refractivity contribution in [2.24, 2.45) is 11.8 Å². The van der Waals surface area contributed by atoms with E-state index in [-0.39, 0.29) is 22.2 Å². The fourth-order valence-corrected chi connectivity index (χ4v) is 8.41. The van der Waals surface area contributed by atoms with Crippen molar-refractivity contribution in [1.29, 1.82) is 0 Å². The first kappa shape index (κ1) is 27.7. The first-order valence-corrected chi connectivity index (χ1v) is 14.6. The van der Waals surface area contributed by atoms with E-state index >= 15 is 0 Å². The molecule has 4 fully saturated rings. The number of rotatable bonds is 8. The Morgan fingerprint density at radius 3 is 1.30 bits per heavy atom. The summed E-state index contributed by atoms with van der Waals surface area (Å²) >= 11 is 0. The molecular weight excluding hydrogens is 564 g/mol. The van der Waals surface area contributed by atoms with E-state index in [0.717, 1.165) is 32.1 Å². The normalized spacial score (nSPS) is 25.0. The lowest BCUT2D eigenvalue weighted by Gasteiger charge is -2.62. The van der Waals surface area contributed by atoms with Crippen LogP contribution in [0, 0.1) is 32.1 Å². The van der Waals surface area contributed by atoms with E-state index in [0.29, 0.717) is 34.8 Å². The molecule has 0 atom stereocenters. The second-order valence-electron chi connectivity index (χ2n) is 12.6. The molecule has 10 heteroatoms. The Morgan fingerprint density at radius 2 is 0.955 bits per heavy atom. The summed E-state index contributed by atoms with van der Waals surface area (Å²) in [5.41, 5.74) is 2.01. The maximum Gasteiger partial charge on any atom is 0.310 e. The topological polar surface area (TPSA) is 145 Å². The molecule has 0 saturated heterocycles. The van der Waals surface area contributed by atoms with Crippen LogP contribution in [0.5, 0.6) is 34.5 Å². The van der Waals surface area contributed by atoms with Gasteiger partial charge in [-0.15, -0.1) is 0 Å². The quantitative estimate of drug-likeness (QED) is 0.153. The number of hydrogen-bond donors (Lipinski definition) is 2. The van der Waals surface area contributed by atoms with Gasteiger partial charge in [0.25, 0.3) is 0 Å². The molecule has 4 aromatic carbocycles. The SMILES string of the molecule is O=[N+]([O-])c1ccc(Oc2ccc(C34CC5CC(C3)CC(c3ccc(Oc6ccc([N+](=O)[O-])c(O)c6)cc3)(C5)C4)cc2)cc1O. The number of benzene rings is 4. The summed E-state index contributed by atoms with van der Waals surface area (Å²) < 4.78 is 11.8. The third-order valence-corrected chi connectivity index (χ3v) is 9.75. The number of phenols is 2. The molecule has 4 aromatic rings. The van der Waals surface area contributed by atoms with Crippen LogP contribution in [0.15, 0.2) is 84.9 Å². The Labute approximate surface area is 252 Å². The molecule has 4 aliphatic rings. The van der Waals surface area contributed by atoms with Gasteiger partial charge in [0, 0.05) is 24.3 Å². The Balaban J connectivity index is 1.10. The fraction of sp³-hybridized carbons (Fsp3) is 0.294. The highest BCUT2D eigenvalue weighted by atomic mass is 16.6. The molecule has 10 nitrogen and oxygen atoms in total. The number of ether oxygens (including phenoxy) is 2. The van der Waals surface area contributed by atoms with Crippen LogP contribution in [0.2, 0.25) is 0 Å². The van der Waals surface area contributed by atoms with E-state index in [9.17, 15) is 30.4 Å². The van der Waals surface area contributed by atoms with Crippen molar-refractivity contribution in [2.75, 3.05) is 0 Å². The minimum Gasteiger partial charge on any atom is -0.502 e. The summed E-state index contributed by atoms with van der Waals surface area (Å²) in [5.74, 6) is 2.27. The van der Waals surface area contributed by atoms with Gasteiger partial charge >= 0.3 is 11.4 Å². The second kappa shape index (κ2) is 10.3. The molecule has 0 aliphatic heterocycles. The summed E-state index contributed by atoms with van der Waals surface area (Å²) in [6.07, 6.45) is 6.96. The van der Waals surface area contributed by atoms with E-state index in [1.54, 1.807) is 0 Å². The van der Waals surface area contributed by atoms with Crippen molar-refractivity contribution in [3.05, 3.63) is 116 Å². The van der Waals surface area contributed by atoms with Gasteiger partial charge in [0.1, 0.15) is 23.0 Å². The summed E-state index contributed by atoms with van der Waals surface area (Å²) in [4.78, 5) is 20.7. The average Bonchev–Trinajstić information content (AvgIpc) is 2.97. The molecule has 2 N–H and O–H groups in total. The summed E-state index contributed by atoms with van der Waals surface area (Å²) in [5, 5.41) is 41.9. The van der Waals surface area contributed by atoms with Gasteiger partial charge in [0.05, 0.1) is 9.85 Å². The molecular formula is C34H30N2O8. The van der Waals surface area contributed by atoms with E-state index in [1.807, 2.05) is 24.3 Å². The van der Waals surface area contributed by atoms with Crippen LogP contribution >= 0.6 is 0 Å². The van der Waals surface area contributed by atoms with Crippen LogP contribution in [0.4, 0.5) is 11.4 Å². The highest BCUT2D eigenvalue weighted by Gasteiger charge is 2.58. The van der Waals surface area contributed by atoms with Crippen LogP contribution in [0.25, 0.3) is 0 Å². The lowest BCUT2D eigenvalue weighted by molar-refractivity contribution is -0.386. The predicted molar refractivity (Wildman–Crippen MR) is 161 cm³/mol. The third-order valence-electron chi connectivity index (χ3n) is 9.75. The maximum absolute atomic E-state index is 11.0. The van der Waals surface area contributed by atoms with Crippen molar-refractivity contribution < 1.29 is 29.5 Å². The number of aromatic hydroxyl groups is 2. The zero-order valence-electron chi connectivity index (χ0n) is 23.7. The number of nitro groups is 2. The minimum absolute atomic E-state index is 0.0691. The Hall–Kier alpha value is -5.12. The molecule has 0 aromatic heterocycles. The molecule has 44 heavy (non-hydrogen) atoms. The highest BCUT2D eigenvalue weighted by molar-refractivity contribution is 5.52. The number of nitro benzene ring substituents is 2. The first-order valence-electron chi connectivity index (χ1n) is 14.6. The smallest absolute Gasteiger partial charge is 0.310 e. The molecule has 4 aliphatic carbocycles. The van der Waals surface area contributed by atoms with Crippen molar-refractivity contribution in [2.45, 2.75) is 49.4 Å². The average molecular weight is 595 g/mol. The van der Waals surface area contributed by atoms with Crippen molar-refractivity contribution in [3.63, 3.8) is 0 Å². The van der Waals surface area contributed by atoms with Crippen LogP contribution in [-0.2, 0) is 10.8 Å². The number of nitrogens with zero attached hydrogens (tertiary/aromatic N) is 2. The van der Waals surface area contributed by atoms with E-state index in [1.165, 1.54) is 53.9 Å². The van der Waals surface area contributed by atoms with Gasteiger partial charge in [-0.25, -0.2) is 0 Å². The molecule has 224 valence electrons. The van der Waals surface area contributed by atoms with E-state index in [2.05, 4.69) is 24.3 Å². The third kappa shape index (κ3) is 4.86. The predicted octanol–water partition coefficient (Wildman–Crippen LogP) is 8.29. The standard InChI is InChI=1S/C34H30N2O8/c37-31-14-27(9-11-29(31)35(39)40)43-25-5-1-23(2-6-25)33-16-21-13-22(17-33)19-34(18-21,20-33)24-3-7-26(8-4-24)44-28-10-12-30(36(41)42)32(38)15-28/h1-12,14-15,21-22,37-38H,13,16-20H2. The van der Waals surface area contributed by atoms with Crippen LogP contribution in [0.1, 0.15) is 49.7 Å². The molecule has 4 bridgehead atoms. The van der Waals surface area contributed by atoms with Crippen molar-refractivity contribution in [3.8, 4) is 34.5 Å². The Bertz CT molecular complexity index is 1630. The van der Waals surface area contributed by atoms with Crippen LogP contribution < -0.4 is 9.47 Å². The van der Waals surface area contributed by atoms with Crippen LogP contribution in [0.3, 0.4) is 0 Å². The largest absolute Gasteiger partial charge is 0.502 e. The van der Waals surface area contributed by atoms with Crippen molar-refractivity contribution >= 4 is 11.4 Å². The Morgan fingerprint density at radius 1 is 0.591 bits per heavy atom. The van der Waals surface area contributed by atoms with E-state index < -0.39 is 21.3 Å². The second-order valence-corrected chi connectivity index (χ2v) is 12.6. The van der Waals surface area contributed by atoms with Gasteiger partial charge in [-0.1, -0.05) is 24.3 Å². The minimum atomic E-state index is -0.636. The van der Waals surface area contributed by atoms with Gasteiger partial charge in [-0.2, -0.15) is 0 Å². The zero-order valence-corrected chi connectivity index (χ0v) is 23.7. The molecule has 4 saturated carbocycles. The molecule has 0 unspecified atom stereocenters. The van der Waals surface area contributed by atoms with Gasteiger partial charge in [0.2, 0.25) is 0 Å². The summed E-state index contributed by atoms with van der Waals surface area (Å²) in [6, 6.07) is 24.2. The molecule has 8 rings (SSSR count). The highest BCUT2D eigenvalue weighted by Crippen LogP contribution is 2.66. The van der Waals surface area contributed by atoms with Gasteiger partial charge in [-0.3, -0.25) is 20.2 Å². The summed E-state index contributed by atoms with van der Waals surface area (Å²) in [7, 11) is 0. The first-order chi connectivity index (χ1) is 21.1. The molecule has 0 radical (unpaired) electrons. The Kier molecular flexibility index (Phi) is 6.46. The molecule has 0 amide bonds. The summed E-state index contributed by atoms with van der Waals surface area (Å²) in [6.45, 7) is 0. The van der Waals surface area contributed by atoms with Crippen molar-refractivity contribution in [1.82, 2.24) is 0 Å². The number of hydrogen-bond acceptors (Lipinski definition) is 8. The lowest BCUT2D eigenvalue weighted by atomic mass is 9.42. The van der Waals surface area contributed by atoms with Gasteiger partial charge < -0.3 is 19.7 Å². The molecule has 0 spiro atoms. The lowest BCUT2D eigenvalue weighted by Crippen LogP contribution is -2.55. The fourth-order valence-electron chi connectivity index (χ4n) is 8.41. The van der Waals surface area contributed by atoms with Gasteiger partial charge in [-0.05, 0) is 109 Å². The molecule has 0 heterocycles. The number of phenolic OH excluding ortho intramolecular Hbond substituents is 2.